The van der Waals surface area contributed by atoms with Gasteiger partial charge in [-0.3, -0.25) is 9.59 Å². The van der Waals surface area contributed by atoms with Crippen LogP contribution in [-0.4, -0.2) is 16.8 Å². The van der Waals surface area contributed by atoms with Gasteiger partial charge in [0.1, 0.15) is 0 Å². The summed E-state index contributed by atoms with van der Waals surface area (Å²) in [6.07, 6.45) is 0.794. The van der Waals surface area contributed by atoms with Crippen molar-refractivity contribution in [1.29, 1.82) is 0 Å². The van der Waals surface area contributed by atoms with Crippen LogP contribution >= 0.6 is 34.5 Å². The van der Waals surface area contributed by atoms with Crippen LogP contribution < -0.4 is 10.6 Å². The minimum atomic E-state index is -0.255. The molecule has 2 atom stereocenters. The minimum absolute atomic E-state index is 0.0498. The van der Waals surface area contributed by atoms with Crippen molar-refractivity contribution in [3.8, 4) is 0 Å². The van der Waals surface area contributed by atoms with Gasteiger partial charge in [0.15, 0.2) is 5.13 Å². The predicted octanol–water partition coefficient (Wildman–Crippen LogP) is 6.91. The Kier molecular flexibility index (Phi) is 5.83. The number of nitrogens with zero attached hydrogens (tertiary/aromatic N) is 1. The van der Waals surface area contributed by atoms with Crippen LogP contribution in [0, 0.1) is 12.8 Å². The second-order valence-electron chi connectivity index (χ2n) is 8.08. The summed E-state index contributed by atoms with van der Waals surface area (Å²) in [5.74, 6) is -0.210. The van der Waals surface area contributed by atoms with E-state index in [0.29, 0.717) is 26.4 Å². The van der Waals surface area contributed by atoms with E-state index in [4.69, 9.17) is 23.2 Å². The number of amides is 2. The number of nitrogens with one attached hydrogen (secondary N) is 2. The average Bonchev–Trinajstić information content (AvgIpc) is 3.49. The maximum absolute atomic E-state index is 12.8. The maximum atomic E-state index is 12.8. The van der Waals surface area contributed by atoms with Crippen LogP contribution in [0.3, 0.4) is 0 Å². The van der Waals surface area contributed by atoms with E-state index < -0.39 is 0 Å². The highest BCUT2D eigenvalue weighted by molar-refractivity contribution is 7.22. The summed E-state index contributed by atoms with van der Waals surface area (Å²) in [4.78, 5) is 30.0. The van der Waals surface area contributed by atoms with Crippen LogP contribution in [0.2, 0.25) is 10.0 Å². The molecule has 1 aliphatic rings. The number of anilines is 2. The summed E-state index contributed by atoms with van der Waals surface area (Å²) in [6.45, 7) is 1.89. The first-order valence-corrected chi connectivity index (χ1v) is 12.0. The monoisotopic (exact) mass is 495 g/mol. The van der Waals surface area contributed by atoms with Crippen LogP contribution in [0.25, 0.3) is 10.2 Å². The molecule has 2 amide bonds. The number of rotatable bonds is 5. The van der Waals surface area contributed by atoms with Gasteiger partial charge in [-0.1, -0.05) is 58.8 Å². The first kappa shape index (κ1) is 21.9. The van der Waals surface area contributed by atoms with Crippen molar-refractivity contribution in [3.63, 3.8) is 0 Å². The summed E-state index contributed by atoms with van der Waals surface area (Å²) >= 11 is 13.6. The molecule has 0 spiro atoms. The molecule has 166 valence electrons. The molecule has 2 N–H and O–H groups in total. The Labute approximate surface area is 204 Å². The third kappa shape index (κ3) is 4.60. The first-order valence-electron chi connectivity index (χ1n) is 10.4. The molecule has 5 rings (SSSR count). The van der Waals surface area contributed by atoms with E-state index in [9.17, 15) is 9.59 Å². The molecule has 4 aromatic rings. The van der Waals surface area contributed by atoms with E-state index in [-0.39, 0.29) is 23.7 Å². The standard InChI is InChI=1S/C25H19Cl2N3O2S/c1-13-4-2-7-19(27)22(13)29-23(31)15-8-9-20-21(11-15)33-25(28-20)30-24(32)18-12-17(18)14-5-3-6-16(26)10-14/h2-11,17-18H,12H2,1H3,(H,29,31)(H,28,30,32)/t17-,18+/m0/s1. The molecule has 1 saturated carbocycles. The van der Waals surface area contributed by atoms with Crippen molar-refractivity contribution in [2.24, 2.45) is 5.92 Å². The quantitative estimate of drug-likeness (QED) is 0.316. The second-order valence-corrected chi connectivity index (χ2v) is 9.95. The molecule has 5 nitrogen and oxygen atoms in total. The zero-order valence-electron chi connectivity index (χ0n) is 17.6. The molecule has 33 heavy (non-hydrogen) atoms. The van der Waals surface area contributed by atoms with E-state index >= 15 is 0 Å². The molecule has 0 radical (unpaired) electrons. The van der Waals surface area contributed by atoms with Gasteiger partial charge in [0, 0.05) is 16.5 Å². The third-order valence-electron chi connectivity index (χ3n) is 5.75. The number of halogens is 2. The Morgan fingerprint density at radius 1 is 1.03 bits per heavy atom. The number of aryl methyl sites for hydroxylation is 1. The van der Waals surface area contributed by atoms with E-state index in [1.807, 2.05) is 43.3 Å². The third-order valence-corrected chi connectivity index (χ3v) is 7.23. The molecule has 3 aromatic carbocycles. The lowest BCUT2D eigenvalue weighted by atomic mass is 10.1. The summed E-state index contributed by atoms with van der Waals surface area (Å²) in [7, 11) is 0. The van der Waals surface area contributed by atoms with Crippen molar-refractivity contribution in [2.45, 2.75) is 19.3 Å². The molecule has 1 aromatic heterocycles. The van der Waals surface area contributed by atoms with Crippen LogP contribution in [0.5, 0.6) is 0 Å². The van der Waals surface area contributed by atoms with Crippen LogP contribution in [0.4, 0.5) is 10.8 Å². The van der Waals surface area contributed by atoms with Gasteiger partial charge in [-0.25, -0.2) is 4.98 Å². The molecule has 1 heterocycles. The van der Waals surface area contributed by atoms with Gasteiger partial charge in [-0.05, 0) is 66.8 Å². The fourth-order valence-electron chi connectivity index (χ4n) is 3.88. The smallest absolute Gasteiger partial charge is 0.255 e. The van der Waals surface area contributed by atoms with Crippen LogP contribution in [0.15, 0.2) is 60.7 Å². The summed E-state index contributed by atoms with van der Waals surface area (Å²) in [6, 6.07) is 18.4. The SMILES string of the molecule is Cc1cccc(Cl)c1NC(=O)c1ccc2nc(NC(=O)[C@@H]3C[C@H]3c3cccc(Cl)c3)sc2c1. The van der Waals surface area contributed by atoms with Gasteiger partial charge in [-0.15, -0.1) is 0 Å². The lowest BCUT2D eigenvalue weighted by Crippen LogP contribution is -2.14. The number of para-hydroxylation sites is 1. The highest BCUT2D eigenvalue weighted by Gasteiger charge is 2.44. The summed E-state index contributed by atoms with van der Waals surface area (Å²) in [5.41, 5.74) is 3.78. The Bertz CT molecular complexity index is 1380. The normalized spacial score (nSPS) is 17.1. The molecular formula is C25H19Cl2N3O2S. The highest BCUT2D eigenvalue weighted by atomic mass is 35.5. The largest absolute Gasteiger partial charge is 0.320 e. The fourth-order valence-corrected chi connectivity index (χ4v) is 5.26. The van der Waals surface area contributed by atoms with Gasteiger partial charge in [-0.2, -0.15) is 0 Å². The number of hydrogen-bond donors (Lipinski definition) is 2. The summed E-state index contributed by atoms with van der Waals surface area (Å²) < 4.78 is 0.816. The fraction of sp³-hybridized carbons (Fsp3) is 0.160. The lowest BCUT2D eigenvalue weighted by molar-refractivity contribution is -0.117. The molecule has 8 heteroatoms. The molecule has 0 bridgehead atoms. The number of carbonyl (C=O) groups is 2. The number of fused-ring (bicyclic) bond motifs is 1. The Morgan fingerprint density at radius 3 is 2.64 bits per heavy atom. The topological polar surface area (TPSA) is 71.1 Å². The van der Waals surface area contributed by atoms with Gasteiger partial charge in [0.2, 0.25) is 5.91 Å². The van der Waals surface area contributed by atoms with E-state index in [1.54, 1.807) is 24.3 Å². The van der Waals surface area contributed by atoms with Gasteiger partial charge in [0.25, 0.3) is 5.91 Å². The number of benzene rings is 3. The maximum Gasteiger partial charge on any atom is 0.255 e. The van der Waals surface area contributed by atoms with Crippen LogP contribution in [-0.2, 0) is 4.79 Å². The van der Waals surface area contributed by atoms with Crippen molar-refractivity contribution in [1.82, 2.24) is 4.98 Å². The van der Waals surface area contributed by atoms with E-state index in [0.717, 1.165) is 27.8 Å². The summed E-state index contributed by atoms with van der Waals surface area (Å²) in [5, 5.41) is 7.49. The van der Waals surface area contributed by atoms with Crippen LogP contribution in [0.1, 0.15) is 33.8 Å². The van der Waals surface area contributed by atoms with Gasteiger partial charge < -0.3 is 10.6 Å². The van der Waals surface area contributed by atoms with Crippen molar-refractivity contribution < 1.29 is 9.59 Å². The molecule has 0 saturated heterocycles. The van der Waals surface area contributed by atoms with E-state index in [1.165, 1.54) is 11.3 Å². The molecule has 1 aliphatic carbocycles. The highest BCUT2D eigenvalue weighted by Crippen LogP contribution is 2.48. The first-order chi connectivity index (χ1) is 15.9. The number of hydrogen-bond acceptors (Lipinski definition) is 4. The molecule has 0 unspecified atom stereocenters. The Morgan fingerprint density at radius 2 is 1.85 bits per heavy atom. The minimum Gasteiger partial charge on any atom is -0.320 e. The number of aromatic nitrogens is 1. The molecule has 1 fully saturated rings. The second kappa shape index (κ2) is 8.78. The molecular weight excluding hydrogens is 477 g/mol. The van der Waals surface area contributed by atoms with E-state index in [2.05, 4.69) is 15.6 Å². The average molecular weight is 496 g/mol. The van der Waals surface area contributed by atoms with Crippen molar-refractivity contribution >= 4 is 67.4 Å². The lowest BCUT2D eigenvalue weighted by Gasteiger charge is -2.10. The van der Waals surface area contributed by atoms with Crippen molar-refractivity contribution in [2.75, 3.05) is 10.6 Å². The van der Waals surface area contributed by atoms with Gasteiger partial charge in [0.05, 0.1) is 20.9 Å². The zero-order chi connectivity index (χ0) is 23.1. The number of carbonyl (C=O) groups excluding carboxylic acids is 2. The predicted molar refractivity (Wildman–Crippen MR) is 135 cm³/mol. The zero-order valence-corrected chi connectivity index (χ0v) is 19.9. The Balaban J connectivity index is 1.28. The number of thiazole rings is 1. The van der Waals surface area contributed by atoms with Crippen molar-refractivity contribution in [3.05, 3.63) is 87.4 Å². The molecule has 0 aliphatic heterocycles. The Hall–Kier alpha value is -2.93. The van der Waals surface area contributed by atoms with Gasteiger partial charge >= 0.3 is 0 Å².